The number of guanidine groups is 1. The molecule has 27 heavy (non-hydrogen) atoms. The number of methoxy groups -OCH3 is 1. The van der Waals surface area contributed by atoms with Crippen molar-refractivity contribution in [2.24, 2.45) is 10.9 Å². The van der Waals surface area contributed by atoms with Crippen LogP contribution in [0.1, 0.15) is 39.3 Å². The Hall–Kier alpha value is -1.06. The second-order valence-electron chi connectivity index (χ2n) is 6.51. The first-order valence-electron chi connectivity index (χ1n) is 9.41. The minimum absolute atomic E-state index is 0. The number of nitrogens with one attached hydrogen (secondary N) is 2. The fourth-order valence-corrected chi connectivity index (χ4v) is 2.19. The molecule has 0 aliphatic heterocycles. The number of hydrogen-bond donors (Lipinski definition) is 2. The summed E-state index contributed by atoms with van der Waals surface area (Å²) in [5.41, 5.74) is 1.18. The Bertz CT molecular complexity index is 510. The third-order valence-corrected chi connectivity index (χ3v) is 3.60. The van der Waals surface area contributed by atoms with E-state index in [9.17, 15) is 0 Å². The average molecular weight is 493 g/mol. The molecule has 156 valence electrons. The van der Waals surface area contributed by atoms with E-state index in [0.717, 1.165) is 24.9 Å². The predicted octanol–water partition coefficient (Wildman–Crippen LogP) is 3.62. The molecular weight excluding hydrogens is 457 g/mol. The highest BCUT2D eigenvalue weighted by molar-refractivity contribution is 14.0. The van der Waals surface area contributed by atoms with Crippen molar-refractivity contribution in [3.63, 3.8) is 0 Å². The maximum Gasteiger partial charge on any atom is 0.191 e. The molecule has 1 aromatic carbocycles. The lowest BCUT2D eigenvalue weighted by Crippen LogP contribution is -2.39. The molecule has 0 aromatic heterocycles. The summed E-state index contributed by atoms with van der Waals surface area (Å²) < 4.78 is 16.1. The second kappa shape index (κ2) is 15.9. The van der Waals surface area contributed by atoms with Crippen LogP contribution in [0.4, 0.5) is 0 Å². The number of nitrogens with zero attached hydrogens (tertiary/aromatic N) is 1. The van der Waals surface area contributed by atoms with Gasteiger partial charge in [0.2, 0.25) is 0 Å². The van der Waals surface area contributed by atoms with Gasteiger partial charge in [-0.3, -0.25) is 4.99 Å². The van der Waals surface area contributed by atoms with E-state index in [1.807, 2.05) is 12.1 Å². The van der Waals surface area contributed by atoms with E-state index in [0.29, 0.717) is 32.3 Å². The summed E-state index contributed by atoms with van der Waals surface area (Å²) in [6.45, 7) is 12.4. The van der Waals surface area contributed by atoms with Gasteiger partial charge in [0.05, 0.1) is 39.0 Å². The van der Waals surface area contributed by atoms with Crippen LogP contribution in [0.25, 0.3) is 0 Å². The smallest absolute Gasteiger partial charge is 0.191 e. The van der Waals surface area contributed by atoms with E-state index in [1.165, 1.54) is 5.56 Å². The molecule has 0 saturated carbocycles. The quantitative estimate of drug-likeness (QED) is 0.202. The first kappa shape index (κ1) is 25.9. The van der Waals surface area contributed by atoms with E-state index in [1.54, 1.807) is 7.11 Å². The number of ether oxygens (including phenoxy) is 3. The molecule has 0 heterocycles. The number of benzene rings is 1. The summed E-state index contributed by atoms with van der Waals surface area (Å²) in [6, 6.07) is 8.35. The maximum atomic E-state index is 5.74. The van der Waals surface area contributed by atoms with Gasteiger partial charge in [-0.2, -0.15) is 0 Å². The zero-order valence-corrected chi connectivity index (χ0v) is 19.6. The van der Waals surface area contributed by atoms with Gasteiger partial charge in [0.15, 0.2) is 5.96 Å². The largest absolute Gasteiger partial charge is 0.493 e. The van der Waals surface area contributed by atoms with Gasteiger partial charge in [0.1, 0.15) is 5.75 Å². The standard InChI is InChI=1S/C20H35N3O3.HI/c1-6-21-20(22-11-12-25-14-13-24-5)23-17(4)18-7-9-19(10-8-18)26-15-16(2)3;/h7-10,16-17H,6,11-15H2,1-5H3,(H2,21,22,23);1H. The van der Waals surface area contributed by atoms with Gasteiger partial charge >= 0.3 is 0 Å². The fourth-order valence-electron chi connectivity index (χ4n) is 2.19. The molecule has 7 heteroatoms. The molecule has 1 unspecified atom stereocenters. The number of aliphatic imine (C=N–C) groups is 1. The topological polar surface area (TPSA) is 64.1 Å². The van der Waals surface area contributed by atoms with Crippen molar-refractivity contribution in [2.45, 2.75) is 33.7 Å². The summed E-state index contributed by atoms with van der Waals surface area (Å²) in [7, 11) is 1.67. The minimum Gasteiger partial charge on any atom is -0.493 e. The van der Waals surface area contributed by atoms with Crippen molar-refractivity contribution in [1.29, 1.82) is 0 Å². The van der Waals surface area contributed by atoms with Crippen molar-refractivity contribution in [1.82, 2.24) is 10.6 Å². The highest BCUT2D eigenvalue weighted by Gasteiger charge is 2.08. The Labute approximate surface area is 181 Å². The van der Waals surface area contributed by atoms with Crippen LogP contribution in [-0.2, 0) is 9.47 Å². The van der Waals surface area contributed by atoms with Crippen molar-refractivity contribution in [3.05, 3.63) is 29.8 Å². The Morgan fingerprint density at radius 1 is 1.07 bits per heavy atom. The van der Waals surface area contributed by atoms with Crippen LogP contribution < -0.4 is 15.4 Å². The number of hydrogen-bond acceptors (Lipinski definition) is 4. The molecule has 1 atom stereocenters. The van der Waals surface area contributed by atoms with Gasteiger partial charge in [-0.05, 0) is 37.5 Å². The van der Waals surface area contributed by atoms with E-state index in [2.05, 4.69) is 55.5 Å². The van der Waals surface area contributed by atoms with Gasteiger partial charge in [-0.15, -0.1) is 24.0 Å². The van der Waals surface area contributed by atoms with E-state index in [4.69, 9.17) is 14.2 Å². The Kier molecular flexibility index (Phi) is 15.3. The molecule has 2 N–H and O–H groups in total. The lowest BCUT2D eigenvalue weighted by atomic mass is 10.1. The fraction of sp³-hybridized carbons (Fsp3) is 0.650. The van der Waals surface area contributed by atoms with Crippen molar-refractivity contribution in [3.8, 4) is 5.75 Å². The van der Waals surface area contributed by atoms with Crippen LogP contribution >= 0.6 is 24.0 Å². The van der Waals surface area contributed by atoms with Gasteiger partial charge < -0.3 is 24.8 Å². The van der Waals surface area contributed by atoms with Crippen molar-refractivity contribution in [2.75, 3.05) is 46.6 Å². The average Bonchev–Trinajstić information content (AvgIpc) is 2.63. The zero-order chi connectivity index (χ0) is 19.2. The van der Waals surface area contributed by atoms with Crippen LogP contribution in [0, 0.1) is 5.92 Å². The highest BCUT2D eigenvalue weighted by Crippen LogP contribution is 2.18. The molecule has 0 bridgehead atoms. The maximum absolute atomic E-state index is 5.74. The Morgan fingerprint density at radius 3 is 2.37 bits per heavy atom. The molecule has 1 rings (SSSR count). The first-order chi connectivity index (χ1) is 12.6. The SMILES string of the molecule is CCNC(=NCCOCCOC)NC(C)c1ccc(OCC(C)C)cc1.I. The Balaban J connectivity index is 0.00000676. The minimum atomic E-state index is 0. The molecule has 0 aliphatic rings. The van der Waals surface area contributed by atoms with Gasteiger partial charge in [0, 0.05) is 13.7 Å². The number of rotatable bonds is 12. The molecule has 0 saturated heterocycles. The molecule has 0 radical (unpaired) electrons. The summed E-state index contributed by atoms with van der Waals surface area (Å²) in [4.78, 5) is 4.55. The summed E-state index contributed by atoms with van der Waals surface area (Å²) in [5.74, 6) is 2.21. The van der Waals surface area contributed by atoms with Crippen LogP contribution in [0.2, 0.25) is 0 Å². The van der Waals surface area contributed by atoms with Crippen molar-refractivity contribution < 1.29 is 14.2 Å². The summed E-state index contributed by atoms with van der Waals surface area (Å²) in [5, 5.41) is 6.69. The molecule has 6 nitrogen and oxygen atoms in total. The third-order valence-electron chi connectivity index (χ3n) is 3.60. The van der Waals surface area contributed by atoms with E-state index in [-0.39, 0.29) is 30.0 Å². The molecule has 0 fully saturated rings. The normalized spacial score (nSPS) is 12.4. The first-order valence-corrected chi connectivity index (χ1v) is 9.41. The zero-order valence-electron chi connectivity index (χ0n) is 17.3. The molecular formula is C20H36IN3O3. The van der Waals surface area contributed by atoms with Crippen LogP contribution in [-0.4, -0.2) is 52.6 Å². The van der Waals surface area contributed by atoms with Crippen LogP contribution in [0.3, 0.4) is 0 Å². The van der Waals surface area contributed by atoms with Crippen LogP contribution in [0.5, 0.6) is 5.75 Å². The van der Waals surface area contributed by atoms with Crippen LogP contribution in [0.15, 0.2) is 29.3 Å². The summed E-state index contributed by atoms with van der Waals surface area (Å²) >= 11 is 0. The predicted molar refractivity (Wildman–Crippen MR) is 122 cm³/mol. The highest BCUT2D eigenvalue weighted by atomic mass is 127. The molecule has 1 aromatic rings. The molecule has 0 spiro atoms. The molecule has 0 amide bonds. The lowest BCUT2D eigenvalue weighted by molar-refractivity contribution is 0.0748. The third kappa shape index (κ3) is 12.1. The molecule has 0 aliphatic carbocycles. The number of halogens is 1. The van der Waals surface area contributed by atoms with E-state index < -0.39 is 0 Å². The van der Waals surface area contributed by atoms with E-state index >= 15 is 0 Å². The monoisotopic (exact) mass is 493 g/mol. The second-order valence-corrected chi connectivity index (χ2v) is 6.51. The summed E-state index contributed by atoms with van der Waals surface area (Å²) in [6.07, 6.45) is 0. The van der Waals surface area contributed by atoms with Gasteiger partial charge in [-0.25, -0.2) is 0 Å². The van der Waals surface area contributed by atoms with Gasteiger partial charge in [0.25, 0.3) is 0 Å². The van der Waals surface area contributed by atoms with Gasteiger partial charge in [-0.1, -0.05) is 26.0 Å². The van der Waals surface area contributed by atoms with Crippen molar-refractivity contribution >= 4 is 29.9 Å². The Morgan fingerprint density at radius 2 is 1.78 bits per heavy atom. The lowest BCUT2D eigenvalue weighted by Gasteiger charge is -2.18.